The SMILES string of the molecule is Oc1ccc2c(c1)CCC(Cc1ccccc1)C2. The Balaban J connectivity index is 1.73. The Bertz CT molecular complexity index is 531. The van der Waals surface area contributed by atoms with E-state index in [1.54, 1.807) is 0 Å². The van der Waals surface area contributed by atoms with E-state index >= 15 is 0 Å². The van der Waals surface area contributed by atoms with Crippen LogP contribution in [0.2, 0.25) is 0 Å². The number of phenols is 1. The smallest absolute Gasteiger partial charge is 0.115 e. The van der Waals surface area contributed by atoms with Crippen molar-refractivity contribution in [3.63, 3.8) is 0 Å². The summed E-state index contributed by atoms with van der Waals surface area (Å²) in [5, 5.41) is 9.49. The third-order valence-corrected chi connectivity index (χ3v) is 3.89. The van der Waals surface area contributed by atoms with Crippen molar-refractivity contribution in [1.29, 1.82) is 0 Å². The van der Waals surface area contributed by atoms with Gasteiger partial charge in [0.1, 0.15) is 5.75 Å². The van der Waals surface area contributed by atoms with Crippen LogP contribution < -0.4 is 0 Å². The molecule has 0 amide bonds. The third-order valence-electron chi connectivity index (χ3n) is 3.89. The number of rotatable bonds is 2. The van der Waals surface area contributed by atoms with Crippen molar-refractivity contribution in [2.75, 3.05) is 0 Å². The first-order valence-corrected chi connectivity index (χ1v) is 6.66. The van der Waals surface area contributed by atoms with Gasteiger partial charge in [-0.1, -0.05) is 36.4 Å². The van der Waals surface area contributed by atoms with E-state index in [-0.39, 0.29) is 0 Å². The van der Waals surface area contributed by atoms with E-state index < -0.39 is 0 Å². The van der Waals surface area contributed by atoms with Gasteiger partial charge in [-0.05, 0) is 60.4 Å². The van der Waals surface area contributed by atoms with Gasteiger partial charge in [-0.15, -0.1) is 0 Å². The summed E-state index contributed by atoms with van der Waals surface area (Å²) >= 11 is 0. The lowest BCUT2D eigenvalue weighted by Gasteiger charge is -2.24. The molecule has 18 heavy (non-hydrogen) atoms. The molecule has 0 spiro atoms. The van der Waals surface area contributed by atoms with Crippen molar-refractivity contribution in [1.82, 2.24) is 0 Å². The van der Waals surface area contributed by atoms with E-state index in [1.165, 1.54) is 29.5 Å². The Morgan fingerprint density at radius 2 is 1.83 bits per heavy atom. The molecule has 0 radical (unpaired) electrons. The fourth-order valence-corrected chi connectivity index (χ4v) is 2.94. The van der Waals surface area contributed by atoms with Crippen molar-refractivity contribution < 1.29 is 5.11 Å². The average Bonchev–Trinajstić information content (AvgIpc) is 2.40. The number of aryl methyl sites for hydroxylation is 1. The molecule has 1 aliphatic rings. The van der Waals surface area contributed by atoms with Gasteiger partial charge in [0.2, 0.25) is 0 Å². The first-order chi connectivity index (χ1) is 8.81. The van der Waals surface area contributed by atoms with Crippen molar-refractivity contribution in [2.45, 2.75) is 25.7 Å². The van der Waals surface area contributed by atoms with Gasteiger partial charge in [0, 0.05) is 0 Å². The van der Waals surface area contributed by atoms with Crippen LogP contribution in [0, 0.1) is 5.92 Å². The second-order valence-electron chi connectivity index (χ2n) is 5.25. The van der Waals surface area contributed by atoms with Crippen LogP contribution >= 0.6 is 0 Å². The molecule has 1 unspecified atom stereocenters. The van der Waals surface area contributed by atoms with Gasteiger partial charge >= 0.3 is 0 Å². The highest BCUT2D eigenvalue weighted by atomic mass is 16.3. The van der Waals surface area contributed by atoms with Gasteiger partial charge in [-0.25, -0.2) is 0 Å². The summed E-state index contributed by atoms with van der Waals surface area (Å²) in [5.74, 6) is 1.14. The molecule has 92 valence electrons. The Kier molecular flexibility index (Phi) is 3.06. The molecule has 2 aromatic rings. The van der Waals surface area contributed by atoms with Gasteiger partial charge in [0.05, 0.1) is 0 Å². The second kappa shape index (κ2) is 4.85. The molecule has 1 atom stereocenters. The quantitative estimate of drug-likeness (QED) is 0.845. The third kappa shape index (κ3) is 2.40. The molecule has 0 fully saturated rings. The molecule has 3 rings (SSSR count). The van der Waals surface area contributed by atoms with Crippen molar-refractivity contribution in [3.05, 3.63) is 65.2 Å². The van der Waals surface area contributed by atoms with Crippen molar-refractivity contribution in [3.8, 4) is 5.75 Å². The average molecular weight is 238 g/mol. The lowest BCUT2D eigenvalue weighted by Crippen LogP contribution is -2.16. The zero-order chi connectivity index (χ0) is 12.4. The second-order valence-corrected chi connectivity index (χ2v) is 5.25. The van der Waals surface area contributed by atoms with Crippen molar-refractivity contribution >= 4 is 0 Å². The Hall–Kier alpha value is -1.76. The van der Waals surface area contributed by atoms with Gasteiger partial charge in [-0.2, -0.15) is 0 Å². The number of fused-ring (bicyclic) bond motifs is 1. The lowest BCUT2D eigenvalue weighted by atomic mass is 9.81. The van der Waals surface area contributed by atoms with Gasteiger partial charge in [0.25, 0.3) is 0 Å². The molecule has 1 N–H and O–H groups in total. The van der Waals surface area contributed by atoms with Crippen LogP contribution in [0.15, 0.2) is 48.5 Å². The molecule has 2 aromatic carbocycles. The first kappa shape index (κ1) is 11.3. The zero-order valence-corrected chi connectivity index (χ0v) is 10.5. The number of benzene rings is 2. The molecule has 1 aliphatic carbocycles. The highest BCUT2D eigenvalue weighted by molar-refractivity contribution is 5.37. The predicted octanol–water partition coefficient (Wildman–Crippen LogP) is 3.74. The number of hydrogen-bond donors (Lipinski definition) is 1. The standard InChI is InChI=1S/C17H18O/c18-17-9-8-15-11-14(6-7-16(15)12-17)10-13-4-2-1-3-5-13/h1-5,8-9,12,14,18H,6-7,10-11H2. The zero-order valence-electron chi connectivity index (χ0n) is 10.5. The Morgan fingerprint density at radius 1 is 1.00 bits per heavy atom. The highest BCUT2D eigenvalue weighted by Gasteiger charge is 2.19. The molecule has 0 aromatic heterocycles. The minimum absolute atomic E-state index is 0.398. The molecule has 1 nitrogen and oxygen atoms in total. The minimum Gasteiger partial charge on any atom is -0.508 e. The van der Waals surface area contributed by atoms with Gasteiger partial charge in [-0.3, -0.25) is 0 Å². The van der Waals surface area contributed by atoms with E-state index in [2.05, 4.69) is 36.4 Å². The van der Waals surface area contributed by atoms with Crippen LogP contribution in [0.1, 0.15) is 23.1 Å². The summed E-state index contributed by atoms with van der Waals surface area (Å²) in [5.41, 5.74) is 4.18. The van der Waals surface area contributed by atoms with Crippen molar-refractivity contribution in [2.24, 2.45) is 5.92 Å². The summed E-state index contributed by atoms with van der Waals surface area (Å²) in [6.07, 6.45) is 4.64. The molecular weight excluding hydrogens is 220 g/mol. The summed E-state index contributed by atoms with van der Waals surface area (Å²) in [6, 6.07) is 16.6. The largest absolute Gasteiger partial charge is 0.508 e. The Labute approximate surface area is 108 Å². The molecule has 0 saturated heterocycles. The first-order valence-electron chi connectivity index (χ1n) is 6.66. The fourth-order valence-electron chi connectivity index (χ4n) is 2.94. The van der Waals surface area contributed by atoms with E-state index in [0.29, 0.717) is 5.75 Å². The Morgan fingerprint density at radius 3 is 2.67 bits per heavy atom. The highest BCUT2D eigenvalue weighted by Crippen LogP contribution is 2.29. The summed E-state index contributed by atoms with van der Waals surface area (Å²) in [6.45, 7) is 0. The predicted molar refractivity (Wildman–Crippen MR) is 73.8 cm³/mol. The lowest BCUT2D eigenvalue weighted by molar-refractivity contribution is 0.447. The number of phenolic OH excluding ortho intramolecular Hbond substituents is 1. The maximum atomic E-state index is 9.49. The number of hydrogen-bond acceptors (Lipinski definition) is 1. The van der Waals surface area contributed by atoms with E-state index in [9.17, 15) is 5.11 Å². The van der Waals surface area contributed by atoms with Crippen LogP contribution in [0.3, 0.4) is 0 Å². The van der Waals surface area contributed by atoms with Crippen LogP contribution in [0.25, 0.3) is 0 Å². The maximum absolute atomic E-state index is 9.49. The van der Waals surface area contributed by atoms with E-state index in [0.717, 1.165) is 18.8 Å². The maximum Gasteiger partial charge on any atom is 0.115 e. The van der Waals surface area contributed by atoms with E-state index in [1.807, 2.05) is 12.1 Å². The van der Waals surface area contributed by atoms with Crippen LogP contribution in [0.5, 0.6) is 5.75 Å². The molecule has 1 heteroatoms. The molecule has 0 aliphatic heterocycles. The van der Waals surface area contributed by atoms with Crippen LogP contribution in [0.4, 0.5) is 0 Å². The molecular formula is C17H18O. The number of aromatic hydroxyl groups is 1. The molecule has 0 heterocycles. The minimum atomic E-state index is 0.398. The van der Waals surface area contributed by atoms with Crippen LogP contribution in [-0.4, -0.2) is 5.11 Å². The monoisotopic (exact) mass is 238 g/mol. The normalized spacial score (nSPS) is 18.3. The summed E-state index contributed by atoms with van der Waals surface area (Å²) < 4.78 is 0. The fraction of sp³-hybridized carbons (Fsp3) is 0.294. The summed E-state index contributed by atoms with van der Waals surface area (Å²) in [7, 11) is 0. The van der Waals surface area contributed by atoms with Gasteiger partial charge in [0.15, 0.2) is 0 Å². The molecule has 0 saturated carbocycles. The molecule has 0 bridgehead atoms. The topological polar surface area (TPSA) is 20.2 Å². The summed E-state index contributed by atoms with van der Waals surface area (Å²) in [4.78, 5) is 0. The van der Waals surface area contributed by atoms with Gasteiger partial charge < -0.3 is 5.11 Å². The van der Waals surface area contributed by atoms with E-state index in [4.69, 9.17) is 0 Å². The van der Waals surface area contributed by atoms with Crippen LogP contribution in [-0.2, 0) is 19.3 Å².